The Morgan fingerprint density at radius 2 is 1.75 bits per heavy atom. The summed E-state index contributed by atoms with van der Waals surface area (Å²) in [5.74, 6) is -0.362. The quantitative estimate of drug-likeness (QED) is 0.473. The number of carbonyl (C=O) groups is 3. The monoisotopic (exact) mass is 407 g/mol. The normalized spacial score (nSPS) is 10.1. The Balaban J connectivity index is 1.57. The number of amides is 2. The Kier molecular flexibility index (Phi) is 8.22. The Morgan fingerprint density at radius 3 is 2.39 bits per heavy atom. The van der Waals surface area contributed by atoms with Crippen LogP contribution in [0.4, 0.5) is 0 Å². The van der Waals surface area contributed by atoms with Gasteiger partial charge in [-0.1, -0.05) is 0 Å². The van der Waals surface area contributed by atoms with Gasteiger partial charge in [-0.15, -0.1) is 11.3 Å². The third kappa shape index (κ3) is 7.62. The fraction of sp³-hybridized carbons (Fsp3) is 0.333. The molecule has 0 aliphatic carbocycles. The molecule has 28 heavy (non-hydrogen) atoms. The van der Waals surface area contributed by atoms with E-state index in [1.165, 1.54) is 11.3 Å². The number of nitrogens with one attached hydrogen (secondary N) is 2. The molecule has 0 saturated heterocycles. The summed E-state index contributed by atoms with van der Waals surface area (Å²) in [5.41, 5.74) is 5.25. The van der Waals surface area contributed by atoms with Crippen LogP contribution in [0.5, 0.6) is 11.5 Å². The fourth-order valence-electron chi connectivity index (χ4n) is 1.98. The first-order chi connectivity index (χ1) is 13.5. The lowest BCUT2D eigenvalue weighted by atomic mass is 10.3. The highest BCUT2D eigenvalue weighted by molar-refractivity contribution is 7.09. The highest BCUT2D eigenvalue weighted by atomic mass is 32.1. The number of benzene rings is 1. The van der Waals surface area contributed by atoms with E-state index in [0.29, 0.717) is 16.5 Å². The third-order valence-electron chi connectivity index (χ3n) is 3.32. The molecular formula is C18H21N3O6S. The predicted octanol–water partition coefficient (Wildman–Crippen LogP) is 1.16. The molecule has 0 spiro atoms. The average molecular weight is 407 g/mol. The summed E-state index contributed by atoms with van der Waals surface area (Å²) in [6.07, 6.45) is 0.0380. The van der Waals surface area contributed by atoms with Crippen LogP contribution in [0.25, 0.3) is 0 Å². The summed E-state index contributed by atoms with van der Waals surface area (Å²) in [4.78, 5) is 39.1. The van der Waals surface area contributed by atoms with Crippen LogP contribution in [0.1, 0.15) is 17.1 Å². The number of rotatable bonds is 9. The van der Waals surface area contributed by atoms with Crippen LogP contribution in [-0.2, 0) is 25.5 Å². The van der Waals surface area contributed by atoms with Gasteiger partial charge in [0.2, 0.25) is 5.91 Å². The van der Waals surface area contributed by atoms with Crippen molar-refractivity contribution in [3.05, 3.63) is 40.3 Å². The molecule has 2 amide bonds. The van der Waals surface area contributed by atoms with Gasteiger partial charge in [-0.2, -0.15) is 0 Å². The molecule has 2 rings (SSSR count). The predicted molar refractivity (Wildman–Crippen MR) is 101 cm³/mol. The Labute approximate surface area is 166 Å². The smallest absolute Gasteiger partial charge is 0.309 e. The summed E-state index contributed by atoms with van der Waals surface area (Å²) in [7, 11) is 1.56. The molecule has 0 aliphatic heterocycles. The number of aromatic nitrogens is 1. The van der Waals surface area contributed by atoms with Gasteiger partial charge in [-0.05, 0) is 31.2 Å². The van der Waals surface area contributed by atoms with Crippen molar-refractivity contribution in [1.29, 1.82) is 0 Å². The number of nitrogens with zero attached hydrogens (tertiary/aromatic N) is 1. The highest BCUT2D eigenvalue weighted by Crippen LogP contribution is 2.17. The molecular weight excluding hydrogens is 386 g/mol. The zero-order chi connectivity index (χ0) is 20.4. The molecule has 0 unspecified atom stereocenters. The molecule has 0 aliphatic rings. The van der Waals surface area contributed by atoms with Crippen molar-refractivity contribution in [1.82, 2.24) is 15.8 Å². The summed E-state index contributed by atoms with van der Waals surface area (Å²) in [6.45, 7) is 1.44. The van der Waals surface area contributed by atoms with Crippen molar-refractivity contribution in [2.24, 2.45) is 0 Å². The molecule has 10 heteroatoms. The van der Waals surface area contributed by atoms with Gasteiger partial charge < -0.3 is 14.2 Å². The third-order valence-corrected chi connectivity index (χ3v) is 4.28. The van der Waals surface area contributed by atoms with Gasteiger partial charge in [0.25, 0.3) is 5.91 Å². The number of methoxy groups -OCH3 is 1. The number of thiazole rings is 1. The number of ether oxygens (including phenoxy) is 3. The van der Waals surface area contributed by atoms with Crippen molar-refractivity contribution in [3.8, 4) is 11.5 Å². The zero-order valence-corrected chi connectivity index (χ0v) is 16.3. The molecule has 1 aromatic heterocycles. The molecule has 0 bridgehead atoms. The van der Waals surface area contributed by atoms with E-state index in [2.05, 4.69) is 15.8 Å². The first-order valence-corrected chi connectivity index (χ1v) is 9.25. The van der Waals surface area contributed by atoms with Crippen LogP contribution in [-0.4, -0.2) is 43.1 Å². The van der Waals surface area contributed by atoms with Crippen LogP contribution in [0, 0.1) is 6.92 Å². The fourth-order valence-corrected chi connectivity index (χ4v) is 2.75. The van der Waals surface area contributed by atoms with E-state index in [4.69, 9.17) is 14.2 Å². The second kappa shape index (κ2) is 10.9. The van der Waals surface area contributed by atoms with Crippen LogP contribution < -0.4 is 20.3 Å². The molecule has 0 atom stereocenters. The number of esters is 1. The zero-order valence-electron chi connectivity index (χ0n) is 15.5. The summed E-state index contributed by atoms with van der Waals surface area (Å²) in [5, 5.41) is 2.48. The number of aryl methyl sites for hydroxylation is 1. The second-order valence-electron chi connectivity index (χ2n) is 5.59. The van der Waals surface area contributed by atoms with E-state index in [0.717, 1.165) is 5.69 Å². The molecule has 2 aromatic rings. The average Bonchev–Trinajstić information content (AvgIpc) is 3.09. The van der Waals surface area contributed by atoms with Gasteiger partial charge in [-0.25, -0.2) is 4.98 Å². The van der Waals surface area contributed by atoms with E-state index in [1.54, 1.807) is 31.4 Å². The number of hydrogen-bond donors (Lipinski definition) is 2. The van der Waals surface area contributed by atoms with E-state index in [1.807, 2.05) is 12.3 Å². The van der Waals surface area contributed by atoms with Crippen molar-refractivity contribution in [2.45, 2.75) is 19.8 Å². The molecule has 2 N–H and O–H groups in total. The molecule has 1 aromatic carbocycles. The van der Waals surface area contributed by atoms with E-state index < -0.39 is 24.4 Å². The molecule has 1 heterocycles. The Bertz CT molecular complexity index is 806. The maximum atomic E-state index is 11.7. The van der Waals surface area contributed by atoms with Gasteiger partial charge in [0.15, 0.2) is 6.61 Å². The van der Waals surface area contributed by atoms with E-state index >= 15 is 0 Å². The van der Waals surface area contributed by atoms with Crippen LogP contribution >= 0.6 is 11.3 Å². The van der Waals surface area contributed by atoms with Gasteiger partial charge in [-0.3, -0.25) is 25.2 Å². The minimum atomic E-state index is -0.645. The van der Waals surface area contributed by atoms with Crippen molar-refractivity contribution >= 4 is 29.1 Å². The van der Waals surface area contributed by atoms with Crippen molar-refractivity contribution in [2.75, 3.05) is 20.3 Å². The summed E-state index contributed by atoms with van der Waals surface area (Å²) in [6, 6.07) is 6.91. The Morgan fingerprint density at radius 1 is 1.07 bits per heavy atom. The Hall–Kier alpha value is -3.14. The maximum absolute atomic E-state index is 11.7. The van der Waals surface area contributed by atoms with Crippen LogP contribution in [0.15, 0.2) is 29.6 Å². The minimum absolute atomic E-state index is 0.0188. The molecule has 0 fully saturated rings. The van der Waals surface area contributed by atoms with Gasteiger partial charge >= 0.3 is 5.97 Å². The summed E-state index contributed by atoms with van der Waals surface area (Å²) < 4.78 is 15.3. The molecule has 150 valence electrons. The van der Waals surface area contributed by atoms with E-state index in [-0.39, 0.29) is 19.4 Å². The van der Waals surface area contributed by atoms with Gasteiger partial charge in [0.05, 0.1) is 26.6 Å². The molecule has 9 nitrogen and oxygen atoms in total. The topological polar surface area (TPSA) is 116 Å². The van der Waals surface area contributed by atoms with Crippen LogP contribution in [0.2, 0.25) is 0 Å². The lowest BCUT2D eigenvalue weighted by Crippen LogP contribution is -2.44. The van der Waals surface area contributed by atoms with Gasteiger partial charge in [0.1, 0.15) is 16.5 Å². The first-order valence-electron chi connectivity index (χ1n) is 8.37. The van der Waals surface area contributed by atoms with E-state index in [9.17, 15) is 14.4 Å². The number of hydrazine groups is 1. The minimum Gasteiger partial charge on any atom is -0.497 e. The SMILES string of the molecule is COc1ccc(OCCC(=O)OCC(=O)NNC(=O)Cc2nc(C)cs2)cc1. The molecule has 0 saturated carbocycles. The van der Waals surface area contributed by atoms with Crippen molar-refractivity contribution in [3.63, 3.8) is 0 Å². The second-order valence-corrected chi connectivity index (χ2v) is 6.53. The largest absolute Gasteiger partial charge is 0.497 e. The lowest BCUT2D eigenvalue weighted by molar-refractivity contribution is -0.149. The van der Waals surface area contributed by atoms with Crippen molar-refractivity contribution < 1.29 is 28.6 Å². The summed E-state index contributed by atoms with van der Waals surface area (Å²) >= 11 is 1.36. The molecule has 0 radical (unpaired) electrons. The number of carbonyl (C=O) groups excluding carboxylic acids is 3. The maximum Gasteiger partial charge on any atom is 0.309 e. The first kappa shape index (κ1) is 21.2. The van der Waals surface area contributed by atoms with Crippen LogP contribution in [0.3, 0.4) is 0 Å². The number of hydrogen-bond acceptors (Lipinski definition) is 8. The lowest BCUT2D eigenvalue weighted by Gasteiger charge is -2.08. The van der Waals surface area contributed by atoms with Gasteiger partial charge in [0, 0.05) is 11.1 Å². The standard InChI is InChI=1S/C18H21N3O6S/c1-12-11-28-17(19-12)9-15(22)20-21-16(23)10-27-18(24)7-8-26-14-5-3-13(25-2)4-6-14/h3-6,11H,7-10H2,1-2H3,(H,20,22)(H,21,23). The highest BCUT2D eigenvalue weighted by Gasteiger charge is 2.11.